The first-order chi connectivity index (χ1) is 12.2. The fraction of sp³-hybridized carbons (Fsp3) is 0.300. The number of nitrogens with one attached hydrogen (secondary N) is 1. The minimum atomic E-state index is -0.284. The fourth-order valence-electron chi connectivity index (χ4n) is 2.24. The number of amides is 1. The van der Waals surface area contributed by atoms with E-state index in [0.29, 0.717) is 5.75 Å². The summed E-state index contributed by atoms with van der Waals surface area (Å²) in [4.78, 5) is 11.8. The van der Waals surface area contributed by atoms with E-state index in [1.54, 1.807) is 6.21 Å². The molecule has 0 saturated carbocycles. The molecule has 5 heteroatoms. The third-order valence-corrected chi connectivity index (χ3v) is 4.35. The zero-order valence-electron chi connectivity index (χ0n) is 14.4. The molecule has 0 bridgehead atoms. The first-order valence-corrected chi connectivity index (χ1v) is 9.54. The fourth-order valence-corrected chi connectivity index (χ4v) is 2.60. The third kappa shape index (κ3) is 7.69. The smallest absolute Gasteiger partial charge is 0.277 e. The Balaban J connectivity index is 1.71. The first-order valence-electron chi connectivity index (χ1n) is 8.46. The van der Waals surface area contributed by atoms with E-state index >= 15 is 0 Å². The summed E-state index contributed by atoms with van der Waals surface area (Å²) in [6, 6.07) is 15.8. The van der Waals surface area contributed by atoms with Crippen LogP contribution in [-0.2, 0) is 11.2 Å². The molecule has 0 aliphatic carbocycles. The lowest BCUT2D eigenvalue weighted by molar-refractivity contribution is -0.123. The number of halogens is 1. The molecule has 4 nitrogen and oxygen atoms in total. The number of nitrogens with zero attached hydrogens (tertiary/aromatic N) is 1. The van der Waals surface area contributed by atoms with Gasteiger partial charge in [-0.25, -0.2) is 5.43 Å². The van der Waals surface area contributed by atoms with Crippen molar-refractivity contribution < 1.29 is 9.53 Å². The van der Waals surface area contributed by atoms with Gasteiger partial charge in [0, 0.05) is 3.57 Å². The van der Waals surface area contributed by atoms with E-state index in [1.807, 2.05) is 36.4 Å². The summed E-state index contributed by atoms with van der Waals surface area (Å²) in [5.41, 5.74) is 4.69. The molecule has 0 saturated heterocycles. The van der Waals surface area contributed by atoms with E-state index in [2.05, 4.69) is 52.2 Å². The summed E-state index contributed by atoms with van der Waals surface area (Å²) in [5, 5.41) is 3.93. The van der Waals surface area contributed by atoms with Crippen LogP contribution in [0, 0.1) is 3.57 Å². The van der Waals surface area contributed by atoms with Gasteiger partial charge in [0.2, 0.25) is 0 Å². The number of hydrazone groups is 1. The quantitative estimate of drug-likeness (QED) is 0.264. The Bertz CT molecular complexity index is 682. The number of hydrogen-bond acceptors (Lipinski definition) is 3. The Kier molecular flexibility index (Phi) is 8.45. The number of carbonyl (C=O) groups excluding carboxylic acids is 1. The average molecular weight is 450 g/mol. The average Bonchev–Trinajstić information content (AvgIpc) is 2.63. The maximum absolute atomic E-state index is 11.8. The molecule has 0 aromatic heterocycles. The molecule has 0 radical (unpaired) electrons. The van der Waals surface area contributed by atoms with Gasteiger partial charge >= 0.3 is 0 Å². The van der Waals surface area contributed by atoms with Crippen molar-refractivity contribution in [2.75, 3.05) is 6.61 Å². The zero-order valence-corrected chi connectivity index (χ0v) is 16.5. The van der Waals surface area contributed by atoms with Gasteiger partial charge in [0.25, 0.3) is 5.91 Å². The Morgan fingerprint density at radius 3 is 2.52 bits per heavy atom. The molecule has 2 aromatic carbocycles. The Labute approximate surface area is 162 Å². The van der Waals surface area contributed by atoms with Crippen molar-refractivity contribution in [2.24, 2.45) is 5.10 Å². The van der Waals surface area contributed by atoms with Crippen molar-refractivity contribution in [3.63, 3.8) is 0 Å². The van der Waals surface area contributed by atoms with Gasteiger partial charge in [-0.15, -0.1) is 0 Å². The Hall–Kier alpha value is -1.89. The molecule has 2 aromatic rings. The summed E-state index contributed by atoms with van der Waals surface area (Å²) in [6.07, 6.45) is 6.38. The maximum atomic E-state index is 11.8. The number of unbranched alkanes of at least 4 members (excludes halogenated alkanes) is 2. The third-order valence-electron chi connectivity index (χ3n) is 3.64. The second-order valence-corrected chi connectivity index (χ2v) is 6.98. The molecular weight excluding hydrogens is 427 g/mol. The van der Waals surface area contributed by atoms with Crippen LogP contribution in [0.4, 0.5) is 0 Å². The number of hydrogen-bond donors (Lipinski definition) is 1. The van der Waals surface area contributed by atoms with E-state index in [4.69, 9.17) is 4.74 Å². The van der Waals surface area contributed by atoms with Crippen molar-refractivity contribution >= 4 is 34.7 Å². The van der Waals surface area contributed by atoms with E-state index < -0.39 is 0 Å². The minimum Gasteiger partial charge on any atom is -0.484 e. The van der Waals surface area contributed by atoms with Crippen molar-refractivity contribution in [3.8, 4) is 5.75 Å². The van der Waals surface area contributed by atoms with Crippen LogP contribution < -0.4 is 10.2 Å². The molecular formula is C20H23IN2O2. The maximum Gasteiger partial charge on any atom is 0.277 e. The van der Waals surface area contributed by atoms with Crippen LogP contribution >= 0.6 is 22.6 Å². The molecule has 0 atom stereocenters. The normalized spacial score (nSPS) is 10.8. The van der Waals surface area contributed by atoms with Gasteiger partial charge in [-0.05, 0) is 70.8 Å². The monoisotopic (exact) mass is 450 g/mol. The van der Waals surface area contributed by atoms with E-state index in [-0.39, 0.29) is 12.5 Å². The van der Waals surface area contributed by atoms with Crippen LogP contribution in [0.2, 0.25) is 0 Å². The molecule has 0 fully saturated rings. The summed E-state index contributed by atoms with van der Waals surface area (Å²) >= 11 is 2.24. The lowest BCUT2D eigenvalue weighted by Crippen LogP contribution is -2.24. The number of carbonyl (C=O) groups is 1. The highest BCUT2D eigenvalue weighted by molar-refractivity contribution is 14.1. The predicted molar refractivity (Wildman–Crippen MR) is 110 cm³/mol. The molecule has 0 spiro atoms. The predicted octanol–water partition coefficient (Wildman–Crippen LogP) is 4.55. The van der Waals surface area contributed by atoms with Crippen molar-refractivity contribution in [2.45, 2.75) is 32.6 Å². The van der Waals surface area contributed by atoms with Crippen molar-refractivity contribution in [3.05, 3.63) is 63.2 Å². The van der Waals surface area contributed by atoms with Crippen LogP contribution in [0.1, 0.15) is 37.3 Å². The van der Waals surface area contributed by atoms with Gasteiger partial charge in [-0.3, -0.25) is 4.79 Å². The van der Waals surface area contributed by atoms with Crippen LogP contribution in [0.25, 0.3) is 0 Å². The highest BCUT2D eigenvalue weighted by atomic mass is 127. The topological polar surface area (TPSA) is 50.7 Å². The van der Waals surface area contributed by atoms with Crippen molar-refractivity contribution in [1.82, 2.24) is 5.43 Å². The largest absolute Gasteiger partial charge is 0.484 e. The molecule has 1 N–H and O–H groups in total. The van der Waals surface area contributed by atoms with E-state index in [1.165, 1.54) is 24.8 Å². The van der Waals surface area contributed by atoms with Crippen molar-refractivity contribution in [1.29, 1.82) is 0 Å². The highest BCUT2D eigenvalue weighted by Crippen LogP contribution is 2.14. The van der Waals surface area contributed by atoms with Gasteiger partial charge in [-0.2, -0.15) is 5.10 Å². The first kappa shape index (κ1) is 19.4. The van der Waals surface area contributed by atoms with Gasteiger partial charge < -0.3 is 4.74 Å². The van der Waals surface area contributed by atoms with Crippen LogP contribution in [-0.4, -0.2) is 18.7 Å². The molecule has 0 unspecified atom stereocenters. The molecule has 1 amide bonds. The number of benzene rings is 2. The summed E-state index contributed by atoms with van der Waals surface area (Å²) in [5.74, 6) is 0.407. The Morgan fingerprint density at radius 2 is 1.84 bits per heavy atom. The van der Waals surface area contributed by atoms with Gasteiger partial charge in [0.1, 0.15) is 5.75 Å². The molecule has 0 heterocycles. The molecule has 2 rings (SSSR count). The summed E-state index contributed by atoms with van der Waals surface area (Å²) in [6.45, 7) is 2.14. The van der Waals surface area contributed by atoms with Gasteiger partial charge in [-0.1, -0.05) is 44.0 Å². The minimum absolute atomic E-state index is 0.0563. The molecule has 25 heavy (non-hydrogen) atoms. The van der Waals surface area contributed by atoms with E-state index in [9.17, 15) is 4.79 Å². The number of ether oxygens (including phenoxy) is 1. The number of aryl methyl sites for hydroxylation is 1. The van der Waals surface area contributed by atoms with Crippen LogP contribution in [0.15, 0.2) is 53.6 Å². The standard InChI is InChI=1S/C20H23IN2O2/c1-2-3-4-5-16-8-12-19(13-9-16)25-15-20(24)23-22-14-17-6-10-18(21)11-7-17/h6-14H,2-5,15H2,1H3,(H,23,24). The van der Waals surface area contributed by atoms with Gasteiger partial charge in [0.15, 0.2) is 6.61 Å². The summed E-state index contributed by atoms with van der Waals surface area (Å²) in [7, 11) is 0. The second-order valence-electron chi connectivity index (χ2n) is 5.73. The SMILES string of the molecule is CCCCCc1ccc(OCC(=O)NN=Cc2ccc(I)cc2)cc1. The lowest BCUT2D eigenvalue weighted by Gasteiger charge is -2.06. The highest BCUT2D eigenvalue weighted by Gasteiger charge is 2.02. The lowest BCUT2D eigenvalue weighted by atomic mass is 10.1. The number of rotatable bonds is 9. The molecule has 0 aliphatic heterocycles. The van der Waals surface area contributed by atoms with Crippen LogP contribution in [0.3, 0.4) is 0 Å². The second kappa shape index (κ2) is 10.9. The molecule has 132 valence electrons. The van der Waals surface area contributed by atoms with E-state index in [0.717, 1.165) is 15.6 Å². The Morgan fingerprint density at radius 1 is 1.12 bits per heavy atom. The van der Waals surface area contributed by atoms with Gasteiger partial charge in [0.05, 0.1) is 6.21 Å². The van der Waals surface area contributed by atoms with Crippen LogP contribution in [0.5, 0.6) is 5.75 Å². The summed E-state index contributed by atoms with van der Waals surface area (Å²) < 4.78 is 6.64. The zero-order chi connectivity index (χ0) is 17.9. The molecule has 0 aliphatic rings.